The van der Waals surface area contributed by atoms with Gasteiger partial charge in [0.2, 0.25) is 5.01 Å². The van der Waals surface area contributed by atoms with E-state index in [9.17, 15) is 9.59 Å². The zero-order chi connectivity index (χ0) is 18.5. The van der Waals surface area contributed by atoms with Crippen LogP contribution in [0.1, 0.15) is 25.3 Å². The van der Waals surface area contributed by atoms with Gasteiger partial charge in [-0.15, -0.1) is 10.2 Å². The van der Waals surface area contributed by atoms with E-state index >= 15 is 0 Å². The van der Waals surface area contributed by atoms with E-state index in [1.54, 1.807) is 43.6 Å². The summed E-state index contributed by atoms with van der Waals surface area (Å²) in [6, 6.07) is 8.51. The number of nitrogens with one attached hydrogen (secondary N) is 2. The number of hydrogen-bond acceptors (Lipinski definition) is 7. The second kappa shape index (κ2) is 8.11. The number of halogens is 1. The van der Waals surface area contributed by atoms with Crippen LogP contribution < -0.4 is 10.1 Å². The number of H-pyrrole nitrogens is 1. The predicted molar refractivity (Wildman–Crippen MR) is 98.5 cm³/mol. The van der Waals surface area contributed by atoms with Gasteiger partial charge in [-0.3, -0.25) is 4.79 Å². The number of anilines is 1. The quantitative estimate of drug-likeness (QED) is 0.574. The number of esters is 1. The van der Waals surface area contributed by atoms with Crippen molar-refractivity contribution < 1.29 is 19.1 Å². The maximum atomic E-state index is 12.2. The minimum Gasteiger partial charge on any atom is -0.497 e. The highest BCUT2D eigenvalue weighted by molar-refractivity contribution is 9.10. The van der Waals surface area contributed by atoms with Gasteiger partial charge in [0, 0.05) is 16.4 Å². The molecule has 1 aromatic carbocycles. The maximum Gasteiger partial charge on any atom is 0.355 e. The fourth-order valence-corrected chi connectivity index (χ4v) is 2.94. The third kappa shape index (κ3) is 4.46. The molecule has 0 aliphatic rings. The van der Waals surface area contributed by atoms with Crippen molar-refractivity contribution in [2.24, 2.45) is 0 Å². The number of hydrogen-bond donors (Lipinski definition) is 2. The monoisotopic (exact) mass is 436 g/mol. The van der Waals surface area contributed by atoms with E-state index in [2.05, 4.69) is 36.4 Å². The van der Waals surface area contributed by atoms with E-state index in [0.29, 0.717) is 22.1 Å². The van der Waals surface area contributed by atoms with Gasteiger partial charge in [0.25, 0.3) is 5.91 Å². The Morgan fingerprint density at radius 2 is 2.04 bits per heavy atom. The lowest BCUT2D eigenvalue weighted by Gasteiger charge is -2.04. The summed E-state index contributed by atoms with van der Waals surface area (Å²) in [6.07, 6.45) is 1.63. The van der Waals surface area contributed by atoms with Crippen LogP contribution in [-0.2, 0) is 11.3 Å². The summed E-state index contributed by atoms with van der Waals surface area (Å²) in [6.45, 7) is -0.0665. The van der Waals surface area contributed by atoms with Crippen molar-refractivity contribution in [2.75, 3.05) is 12.4 Å². The first-order chi connectivity index (χ1) is 12.5. The highest BCUT2D eigenvalue weighted by Gasteiger charge is 2.15. The van der Waals surface area contributed by atoms with E-state index in [0.717, 1.165) is 15.8 Å². The fraction of sp³-hybridized carbons (Fsp3) is 0.125. The van der Waals surface area contributed by atoms with Crippen molar-refractivity contribution in [3.63, 3.8) is 0 Å². The van der Waals surface area contributed by atoms with Crippen LogP contribution in [0.15, 0.2) is 41.0 Å². The van der Waals surface area contributed by atoms with E-state index in [1.165, 1.54) is 0 Å². The third-order valence-corrected chi connectivity index (χ3v) is 4.56. The number of amides is 1. The van der Waals surface area contributed by atoms with Gasteiger partial charge >= 0.3 is 5.97 Å². The Labute approximate surface area is 160 Å². The van der Waals surface area contributed by atoms with Crippen molar-refractivity contribution in [1.82, 2.24) is 15.2 Å². The van der Waals surface area contributed by atoms with E-state index in [1.807, 2.05) is 0 Å². The number of carbonyl (C=O) groups is 2. The second-order valence-electron chi connectivity index (χ2n) is 4.99. The SMILES string of the molecule is COc1ccc(NC(=O)c2nnc(COC(=O)c3cc(Br)c[nH]3)s2)cc1. The van der Waals surface area contributed by atoms with Crippen LogP contribution >= 0.6 is 27.3 Å². The Morgan fingerprint density at radius 3 is 2.69 bits per heavy atom. The number of methoxy groups -OCH3 is 1. The Bertz CT molecular complexity index is 922. The van der Waals surface area contributed by atoms with Crippen LogP contribution in [0.5, 0.6) is 5.75 Å². The van der Waals surface area contributed by atoms with Gasteiger partial charge < -0.3 is 19.8 Å². The molecule has 0 aliphatic heterocycles. The first-order valence-electron chi connectivity index (χ1n) is 7.34. The molecule has 1 amide bonds. The summed E-state index contributed by atoms with van der Waals surface area (Å²) in [5.74, 6) is -0.217. The van der Waals surface area contributed by atoms with Gasteiger partial charge in [-0.05, 0) is 46.3 Å². The Morgan fingerprint density at radius 1 is 1.27 bits per heavy atom. The summed E-state index contributed by atoms with van der Waals surface area (Å²) >= 11 is 4.29. The number of benzene rings is 1. The molecule has 2 aromatic heterocycles. The largest absolute Gasteiger partial charge is 0.497 e. The lowest BCUT2D eigenvalue weighted by atomic mass is 10.3. The average Bonchev–Trinajstić information content (AvgIpc) is 3.29. The van der Waals surface area contributed by atoms with Gasteiger partial charge in [0.15, 0.2) is 5.01 Å². The molecule has 134 valence electrons. The Balaban J connectivity index is 1.56. The minimum atomic E-state index is -0.518. The summed E-state index contributed by atoms with van der Waals surface area (Å²) in [5.41, 5.74) is 0.926. The predicted octanol–water partition coefficient (Wildman–Crippen LogP) is 3.25. The third-order valence-electron chi connectivity index (χ3n) is 3.20. The standard InChI is InChI=1S/C16H13BrN4O4S/c1-24-11-4-2-10(3-5-11)19-14(22)15-21-20-13(26-15)8-25-16(23)12-6-9(17)7-18-12/h2-7,18H,8H2,1H3,(H,19,22). The first-order valence-corrected chi connectivity index (χ1v) is 8.95. The van der Waals surface area contributed by atoms with Crippen LogP contribution in [0.4, 0.5) is 5.69 Å². The summed E-state index contributed by atoms with van der Waals surface area (Å²) in [7, 11) is 1.57. The molecule has 0 unspecified atom stereocenters. The molecule has 3 rings (SSSR count). The van der Waals surface area contributed by atoms with E-state index < -0.39 is 11.9 Å². The van der Waals surface area contributed by atoms with Gasteiger partial charge in [0.05, 0.1) is 7.11 Å². The Kier molecular flexibility index (Phi) is 5.64. The Hall–Kier alpha value is -2.72. The van der Waals surface area contributed by atoms with Gasteiger partial charge in [0.1, 0.15) is 18.1 Å². The molecule has 0 aliphatic carbocycles. The number of aromatic amines is 1. The number of carbonyl (C=O) groups excluding carboxylic acids is 2. The number of rotatable bonds is 6. The fourth-order valence-electron chi connectivity index (χ4n) is 1.95. The zero-order valence-electron chi connectivity index (χ0n) is 13.5. The summed E-state index contributed by atoms with van der Waals surface area (Å²) in [5, 5.41) is 11.0. The molecule has 8 nitrogen and oxygen atoms in total. The lowest BCUT2D eigenvalue weighted by molar-refractivity contribution is 0.0465. The molecule has 26 heavy (non-hydrogen) atoms. The highest BCUT2D eigenvalue weighted by atomic mass is 79.9. The van der Waals surface area contributed by atoms with Crippen LogP contribution in [0.2, 0.25) is 0 Å². The molecule has 0 atom stereocenters. The van der Waals surface area contributed by atoms with E-state index in [-0.39, 0.29) is 11.6 Å². The average molecular weight is 437 g/mol. The molecule has 0 saturated carbocycles. The molecule has 0 radical (unpaired) electrons. The molecule has 0 saturated heterocycles. The van der Waals surface area contributed by atoms with Crippen molar-refractivity contribution >= 4 is 44.8 Å². The maximum absolute atomic E-state index is 12.2. The van der Waals surface area contributed by atoms with Crippen LogP contribution in [0.3, 0.4) is 0 Å². The van der Waals surface area contributed by atoms with Crippen molar-refractivity contribution in [1.29, 1.82) is 0 Å². The van der Waals surface area contributed by atoms with Crippen LogP contribution in [-0.4, -0.2) is 34.2 Å². The molecule has 0 spiro atoms. The molecule has 2 N–H and O–H groups in total. The van der Waals surface area contributed by atoms with Gasteiger partial charge in [-0.25, -0.2) is 4.79 Å². The molecular formula is C16H13BrN4O4S. The topological polar surface area (TPSA) is 106 Å². The lowest BCUT2D eigenvalue weighted by Crippen LogP contribution is -2.11. The first kappa shape index (κ1) is 18.1. The minimum absolute atomic E-state index is 0.0665. The molecular weight excluding hydrogens is 424 g/mol. The van der Waals surface area contributed by atoms with Crippen molar-refractivity contribution in [2.45, 2.75) is 6.61 Å². The molecule has 2 heterocycles. The number of ether oxygens (including phenoxy) is 2. The van der Waals surface area contributed by atoms with Gasteiger partial charge in [-0.1, -0.05) is 11.3 Å². The highest BCUT2D eigenvalue weighted by Crippen LogP contribution is 2.18. The smallest absolute Gasteiger partial charge is 0.355 e. The number of aromatic nitrogens is 3. The molecule has 10 heteroatoms. The molecule has 0 fully saturated rings. The van der Waals surface area contributed by atoms with Crippen LogP contribution in [0.25, 0.3) is 0 Å². The van der Waals surface area contributed by atoms with Crippen molar-refractivity contribution in [3.8, 4) is 5.75 Å². The van der Waals surface area contributed by atoms with E-state index in [4.69, 9.17) is 9.47 Å². The van der Waals surface area contributed by atoms with Crippen LogP contribution in [0, 0.1) is 0 Å². The molecule has 0 bridgehead atoms. The summed E-state index contributed by atoms with van der Waals surface area (Å²) in [4.78, 5) is 26.8. The van der Waals surface area contributed by atoms with Crippen molar-refractivity contribution in [3.05, 3.63) is 56.7 Å². The van der Waals surface area contributed by atoms with Gasteiger partial charge in [-0.2, -0.15) is 0 Å². The second-order valence-corrected chi connectivity index (χ2v) is 6.97. The zero-order valence-corrected chi connectivity index (χ0v) is 15.9. The number of nitrogens with zero attached hydrogens (tertiary/aromatic N) is 2. The normalized spacial score (nSPS) is 10.4. The summed E-state index contributed by atoms with van der Waals surface area (Å²) < 4.78 is 10.9. The molecule has 3 aromatic rings.